The Bertz CT molecular complexity index is 1880. The molecular weight excluding hydrogens is 653 g/mol. The Hall–Kier alpha value is -3.68. The van der Waals surface area contributed by atoms with Crippen LogP contribution in [0.4, 0.5) is 0 Å². The predicted molar refractivity (Wildman–Crippen MR) is 136 cm³/mol. The zero-order valence-electron chi connectivity index (χ0n) is 18.5. The zero-order chi connectivity index (χ0) is 24.0. The van der Waals surface area contributed by atoms with Crippen molar-refractivity contribution in [3.8, 4) is 11.3 Å². The molecule has 1 aliphatic carbocycles. The Morgan fingerprint density at radius 3 is 2.42 bits per heavy atom. The average Bonchev–Trinajstić information content (AvgIpc) is 3.47. The van der Waals surface area contributed by atoms with Crippen molar-refractivity contribution in [3.63, 3.8) is 0 Å². The number of hydrogen-bond acceptors (Lipinski definition) is 5. The minimum Gasteiger partial charge on any atom is -0.476 e. The van der Waals surface area contributed by atoms with Crippen molar-refractivity contribution in [2.45, 2.75) is 5.03 Å². The van der Waals surface area contributed by atoms with E-state index < -0.39 is 10.1 Å². The third kappa shape index (κ3) is 4.25. The van der Waals surface area contributed by atoms with E-state index in [2.05, 4.69) is 53.5 Å². The fraction of sp³-hybridized carbons (Fsp3) is 0. The van der Waals surface area contributed by atoms with Crippen LogP contribution in [0, 0.1) is 6.07 Å². The molecule has 3 heterocycles. The van der Waals surface area contributed by atoms with Gasteiger partial charge in [-0.15, -0.1) is 17.7 Å². The topological polar surface area (TPSA) is 93.3 Å². The van der Waals surface area contributed by atoms with E-state index >= 15 is 0 Å². The van der Waals surface area contributed by atoms with Crippen molar-refractivity contribution >= 4 is 55.1 Å². The number of rotatable bonds is 2. The first-order valence-electron chi connectivity index (χ1n) is 10.8. The van der Waals surface area contributed by atoms with Crippen LogP contribution in [0.15, 0.2) is 94.5 Å². The first-order valence-corrected chi connectivity index (χ1v) is 12.3. The Balaban J connectivity index is 0.000000207. The van der Waals surface area contributed by atoms with Crippen molar-refractivity contribution < 1.29 is 37.5 Å². The molecule has 7 rings (SSSR count). The summed E-state index contributed by atoms with van der Waals surface area (Å²) in [4.78, 5) is 8.34. The molecule has 0 saturated carbocycles. The molecule has 1 radical (unpaired) electrons. The fourth-order valence-electron chi connectivity index (χ4n) is 4.34. The Morgan fingerprint density at radius 2 is 1.64 bits per heavy atom. The van der Waals surface area contributed by atoms with Crippen LogP contribution in [0.3, 0.4) is 0 Å². The number of aromatic nitrogens is 2. The van der Waals surface area contributed by atoms with Gasteiger partial charge in [-0.2, -0.15) is 8.42 Å². The van der Waals surface area contributed by atoms with Gasteiger partial charge in [-0.25, -0.2) is 4.98 Å². The Morgan fingerprint density at radius 1 is 0.833 bits per heavy atom. The molecule has 179 valence electrons. The molecular formula is C28H17IrN2O4S-. The molecule has 0 saturated heterocycles. The van der Waals surface area contributed by atoms with Gasteiger partial charge in [-0.3, -0.25) is 9.54 Å². The molecule has 0 spiro atoms. The fourth-order valence-corrected chi connectivity index (χ4v) is 4.78. The average molecular weight is 670 g/mol. The molecule has 1 aliphatic rings. The van der Waals surface area contributed by atoms with E-state index in [-0.39, 0.29) is 25.1 Å². The number of pyridine rings is 2. The normalized spacial score (nSPS) is 11.9. The van der Waals surface area contributed by atoms with Crippen molar-refractivity contribution in [1.29, 1.82) is 0 Å². The van der Waals surface area contributed by atoms with E-state index in [1.54, 1.807) is 6.07 Å². The molecule has 0 atom stereocenters. The molecule has 8 heteroatoms. The van der Waals surface area contributed by atoms with Crippen LogP contribution in [0.1, 0.15) is 11.1 Å². The molecule has 3 aromatic carbocycles. The van der Waals surface area contributed by atoms with E-state index in [0.717, 1.165) is 38.7 Å². The third-order valence-electron chi connectivity index (χ3n) is 5.83. The first kappa shape index (κ1) is 24.0. The number of para-hydroxylation sites is 1. The summed E-state index contributed by atoms with van der Waals surface area (Å²) in [7, 11) is -4.11. The van der Waals surface area contributed by atoms with Crippen LogP contribution in [-0.2, 0) is 30.2 Å². The summed E-state index contributed by atoms with van der Waals surface area (Å²) in [6.07, 6.45) is 5.61. The van der Waals surface area contributed by atoms with Gasteiger partial charge in [0.05, 0.1) is 11.1 Å². The molecule has 36 heavy (non-hydrogen) atoms. The minimum atomic E-state index is -4.11. The summed E-state index contributed by atoms with van der Waals surface area (Å²) >= 11 is 0. The molecule has 0 amide bonds. The predicted octanol–water partition coefficient (Wildman–Crippen LogP) is 6.41. The Kier molecular flexibility index (Phi) is 6.28. The van der Waals surface area contributed by atoms with Crippen molar-refractivity contribution in [2.24, 2.45) is 0 Å². The molecule has 0 aliphatic heterocycles. The van der Waals surface area contributed by atoms with Crippen LogP contribution in [-0.4, -0.2) is 22.9 Å². The zero-order valence-corrected chi connectivity index (χ0v) is 21.8. The van der Waals surface area contributed by atoms with Crippen LogP contribution >= 0.6 is 0 Å². The maximum atomic E-state index is 10.3. The standard InChI is InChI=1S/C23H12NO.C5H5NO3S.Ir/c1-2-9-20-17(6-1)23-16(7-4-10-21(23)25-20)19-13-15-12-11-14-5-3-8-18(24-19)22(14)15;7-10(8,9)5-3-1-2-4-6-5;/h1-6,8-13H;1-4H,(H,7,8,9);/q-1;;. The van der Waals surface area contributed by atoms with Crippen LogP contribution in [0.25, 0.3) is 56.3 Å². The van der Waals surface area contributed by atoms with Gasteiger partial charge in [0.15, 0.2) is 5.03 Å². The molecule has 6 aromatic rings. The second-order valence-corrected chi connectivity index (χ2v) is 9.37. The van der Waals surface area contributed by atoms with Gasteiger partial charge in [-0.1, -0.05) is 66.1 Å². The van der Waals surface area contributed by atoms with E-state index in [0.29, 0.717) is 0 Å². The van der Waals surface area contributed by atoms with Crippen LogP contribution in [0.2, 0.25) is 0 Å². The Labute approximate surface area is 220 Å². The second kappa shape index (κ2) is 9.41. The van der Waals surface area contributed by atoms with E-state index in [1.165, 1.54) is 34.8 Å². The van der Waals surface area contributed by atoms with Gasteiger partial charge >= 0.3 is 10.1 Å². The summed E-state index contributed by atoms with van der Waals surface area (Å²) in [5, 5.41) is 3.09. The van der Waals surface area contributed by atoms with E-state index in [1.807, 2.05) is 30.3 Å². The van der Waals surface area contributed by atoms with Gasteiger partial charge in [0.2, 0.25) is 0 Å². The summed E-state index contributed by atoms with van der Waals surface area (Å²) in [6, 6.07) is 28.1. The second-order valence-electron chi connectivity index (χ2n) is 8.00. The van der Waals surface area contributed by atoms with Crippen molar-refractivity contribution in [2.75, 3.05) is 0 Å². The molecule has 1 N–H and O–H groups in total. The summed E-state index contributed by atoms with van der Waals surface area (Å²) in [6.45, 7) is 0. The maximum Gasteiger partial charge on any atom is 0.312 e. The molecule has 3 aromatic heterocycles. The van der Waals surface area contributed by atoms with Crippen molar-refractivity contribution in [3.05, 3.63) is 102 Å². The van der Waals surface area contributed by atoms with Gasteiger partial charge in [0.1, 0.15) is 5.58 Å². The number of hydrogen-bond donors (Lipinski definition) is 1. The summed E-state index contributed by atoms with van der Waals surface area (Å²) in [5.74, 6) is 0. The quantitative estimate of drug-likeness (QED) is 0.169. The van der Waals surface area contributed by atoms with E-state index in [9.17, 15) is 8.42 Å². The molecule has 0 unspecified atom stereocenters. The smallest absolute Gasteiger partial charge is 0.312 e. The third-order valence-corrected chi connectivity index (χ3v) is 6.60. The molecule has 0 bridgehead atoms. The number of furan rings is 1. The maximum absolute atomic E-state index is 10.3. The SMILES string of the molecule is O=S(=O)(O)c1ccccn1.[Ir].[c-]1ccc2oc3ccccc3c2c1-c1cc2c3c(cccc3n1)C=C2. The number of benzene rings is 3. The largest absolute Gasteiger partial charge is 0.476 e. The van der Waals surface area contributed by atoms with Gasteiger partial charge < -0.3 is 4.42 Å². The van der Waals surface area contributed by atoms with Crippen molar-refractivity contribution in [1.82, 2.24) is 9.97 Å². The number of fused-ring (bicyclic) bond motifs is 3. The van der Waals surface area contributed by atoms with Gasteiger partial charge in [0, 0.05) is 31.7 Å². The minimum absolute atomic E-state index is 0. The van der Waals surface area contributed by atoms with Gasteiger partial charge in [0.25, 0.3) is 0 Å². The van der Waals surface area contributed by atoms with Crippen LogP contribution in [0.5, 0.6) is 0 Å². The summed E-state index contributed by atoms with van der Waals surface area (Å²) < 4.78 is 35.1. The summed E-state index contributed by atoms with van der Waals surface area (Å²) in [5.41, 5.74) is 7.17. The molecule has 0 fully saturated rings. The molecule has 6 nitrogen and oxygen atoms in total. The van der Waals surface area contributed by atoms with E-state index in [4.69, 9.17) is 14.0 Å². The van der Waals surface area contributed by atoms with Gasteiger partial charge in [-0.05, 0) is 46.5 Å². The monoisotopic (exact) mass is 670 g/mol. The van der Waals surface area contributed by atoms with Crippen LogP contribution < -0.4 is 0 Å². The first-order chi connectivity index (χ1) is 17.0. The number of nitrogens with zero attached hydrogens (tertiary/aromatic N) is 2.